The van der Waals surface area contributed by atoms with Crippen molar-refractivity contribution < 1.29 is 34.6 Å². The average molecular weight is 622 g/mol. The van der Waals surface area contributed by atoms with Crippen LogP contribution in [0.2, 0.25) is 0 Å². The first-order chi connectivity index (χ1) is 19.3. The maximum Gasteiger partial charge on any atom is 0.268 e. The highest BCUT2D eigenvalue weighted by Gasteiger charge is 2.38. The third-order valence-corrected chi connectivity index (χ3v) is 12.3. The van der Waals surface area contributed by atoms with Crippen LogP contribution < -0.4 is 10.6 Å². The summed E-state index contributed by atoms with van der Waals surface area (Å²) in [5.74, 6) is -0.715. The highest BCUT2D eigenvalue weighted by atomic mass is 32.2. The van der Waals surface area contributed by atoms with Gasteiger partial charge >= 0.3 is 0 Å². The van der Waals surface area contributed by atoms with E-state index < -0.39 is 32.9 Å². The summed E-state index contributed by atoms with van der Waals surface area (Å²) in [5.41, 5.74) is 2.65. The molecule has 3 aromatic rings. The van der Waals surface area contributed by atoms with Gasteiger partial charge in [-0.2, -0.15) is 16.8 Å². The molecule has 0 radical (unpaired) electrons. The van der Waals surface area contributed by atoms with E-state index in [1.54, 1.807) is 79.4 Å². The monoisotopic (exact) mass is 621 g/mol. The van der Waals surface area contributed by atoms with Crippen molar-refractivity contribution in [2.24, 2.45) is 0 Å². The molecule has 0 aliphatic heterocycles. The summed E-state index contributed by atoms with van der Waals surface area (Å²) >= 11 is 0. The molecule has 0 N–H and O–H groups in total. The molecule has 0 saturated heterocycles. The van der Waals surface area contributed by atoms with E-state index in [0.29, 0.717) is 27.3 Å². The average Bonchev–Trinajstić information content (AvgIpc) is 2.96. The SMILES string of the molecule is COS(=O)(=O)CCN(CCS(=O)(=O)OC)Cc1c(C)cc(C)c(C(=O)P(=O)(c2ccccc2)c2ccccc2)c1C. The van der Waals surface area contributed by atoms with Gasteiger partial charge in [0.1, 0.15) is 0 Å². The standard InChI is InChI=1S/C29H36NO8PS2/c1-22-20-23(2)28(29(31)39(32,25-12-8-6-9-13-25)26-14-10-7-11-15-26)24(3)27(22)21-30(16-18-40(33,34)37-4)17-19-41(35,36)38-5/h6-15,20H,16-19,21H2,1-5H3. The summed E-state index contributed by atoms with van der Waals surface area (Å²) in [6.07, 6.45) is 0. The summed E-state index contributed by atoms with van der Waals surface area (Å²) in [6, 6.07) is 19.2. The Morgan fingerprint density at radius 1 is 0.756 bits per heavy atom. The molecule has 41 heavy (non-hydrogen) atoms. The van der Waals surface area contributed by atoms with E-state index in [0.717, 1.165) is 25.3 Å². The zero-order valence-corrected chi connectivity index (χ0v) is 26.4. The smallest absolute Gasteiger partial charge is 0.268 e. The van der Waals surface area contributed by atoms with Gasteiger partial charge in [0, 0.05) is 35.8 Å². The van der Waals surface area contributed by atoms with Crippen LogP contribution in [-0.4, -0.2) is 66.1 Å². The number of carbonyl (C=O) groups excluding carboxylic acids is 1. The summed E-state index contributed by atoms with van der Waals surface area (Å²) in [7, 11) is -9.26. The fourth-order valence-corrected chi connectivity index (χ4v) is 8.66. The second kappa shape index (κ2) is 13.5. The van der Waals surface area contributed by atoms with Crippen LogP contribution in [0.3, 0.4) is 0 Å². The number of hydrogen-bond donors (Lipinski definition) is 0. The lowest BCUT2D eigenvalue weighted by atomic mass is 9.93. The van der Waals surface area contributed by atoms with Crippen molar-refractivity contribution >= 4 is 43.5 Å². The largest absolute Gasteiger partial charge is 0.305 e. The molecule has 3 aromatic carbocycles. The van der Waals surface area contributed by atoms with Crippen LogP contribution in [0.5, 0.6) is 0 Å². The topological polar surface area (TPSA) is 124 Å². The Morgan fingerprint density at radius 3 is 1.61 bits per heavy atom. The van der Waals surface area contributed by atoms with Gasteiger partial charge in [-0.15, -0.1) is 0 Å². The van der Waals surface area contributed by atoms with E-state index in [-0.39, 0.29) is 31.1 Å². The predicted octanol–water partition coefficient (Wildman–Crippen LogP) is 3.52. The first-order valence-corrected chi connectivity index (χ1v) is 17.8. The summed E-state index contributed by atoms with van der Waals surface area (Å²) in [5, 5.41) is 0.849. The van der Waals surface area contributed by atoms with Gasteiger partial charge < -0.3 is 4.57 Å². The van der Waals surface area contributed by atoms with Crippen molar-refractivity contribution in [2.75, 3.05) is 38.8 Å². The minimum Gasteiger partial charge on any atom is -0.305 e. The van der Waals surface area contributed by atoms with Gasteiger partial charge in [0.25, 0.3) is 20.2 Å². The van der Waals surface area contributed by atoms with Crippen LogP contribution in [0.15, 0.2) is 66.7 Å². The number of carbonyl (C=O) groups is 1. The molecule has 12 heteroatoms. The lowest BCUT2D eigenvalue weighted by Gasteiger charge is -2.26. The second-order valence-corrected chi connectivity index (χ2v) is 16.1. The van der Waals surface area contributed by atoms with E-state index in [1.807, 2.05) is 13.0 Å². The summed E-state index contributed by atoms with van der Waals surface area (Å²) in [6.45, 7) is 5.56. The van der Waals surface area contributed by atoms with Crippen LogP contribution in [0, 0.1) is 20.8 Å². The molecule has 0 bridgehead atoms. The first kappa shape index (κ1) is 32.8. The minimum atomic E-state index is -3.81. The quantitative estimate of drug-likeness (QED) is 0.196. The van der Waals surface area contributed by atoms with Gasteiger partial charge in [-0.05, 0) is 43.0 Å². The molecule has 0 fully saturated rings. The van der Waals surface area contributed by atoms with E-state index >= 15 is 0 Å². The van der Waals surface area contributed by atoms with Crippen LogP contribution >= 0.6 is 7.14 Å². The molecule has 3 rings (SSSR count). The molecule has 9 nitrogen and oxygen atoms in total. The molecule has 0 heterocycles. The van der Waals surface area contributed by atoms with Gasteiger partial charge in [0.05, 0.1) is 25.7 Å². The summed E-state index contributed by atoms with van der Waals surface area (Å²) < 4.78 is 72.1. The molecule has 0 spiro atoms. The fourth-order valence-electron chi connectivity index (χ4n) is 4.76. The second-order valence-electron chi connectivity index (χ2n) is 9.71. The number of aryl methyl sites for hydroxylation is 2. The number of hydrogen-bond acceptors (Lipinski definition) is 9. The molecule has 222 valence electrons. The molecule has 0 saturated carbocycles. The Hall–Kier alpha value is -2.66. The number of benzene rings is 3. The van der Waals surface area contributed by atoms with Crippen molar-refractivity contribution in [3.63, 3.8) is 0 Å². The Kier molecular flexibility index (Phi) is 10.9. The van der Waals surface area contributed by atoms with Crippen LogP contribution in [-0.2, 0) is 39.7 Å². The highest BCUT2D eigenvalue weighted by Crippen LogP contribution is 2.48. The van der Waals surface area contributed by atoms with E-state index in [4.69, 9.17) is 0 Å². The highest BCUT2D eigenvalue weighted by molar-refractivity contribution is 7.93. The zero-order chi connectivity index (χ0) is 30.4. The Morgan fingerprint density at radius 2 is 1.20 bits per heavy atom. The fraction of sp³-hybridized carbons (Fsp3) is 0.345. The van der Waals surface area contributed by atoms with Crippen molar-refractivity contribution in [1.29, 1.82) is 0 Å². The maximum atomic E-state index is 14.8. The number of rotatable bonds is 14. The Bertz CT molecular complexity index is 1560. The van der Waals surface area contributed by atoms with Crippen LogP contribution in [0.1, 0.15) is 32.6 Å². The Balaban J connectivity index is 2.11. The van der Waals surface area contributed by atoms with Gasteiger partial charge in [-0.25, -0.2) is 0 Å². The van der Waals surface area contributed by atoms with Crippen molar-refractivity contribution in [2.45, 2.75) is 27.3 Å². The lowest BCUT2D eigenvalue weighted by Crippen LogP contribution is -2.34. The van der Waals surface area contributed by atoms with Crippen LogP contribution in [0.25, 0.3) is 0 Å². The first-order valence-electron chi connectivity index (χ1n) is 12.9. The van der Waals surface area contributed by atoms with E-state index in [9.17, 15) is 26.2 Å². The van der Waals surface area contributed by atoms with Crippen LogP contribution in [0.4, 0.5) is 0 Å². The Labute approximate surface area is 243 Å². The molecular weight excluding hydrogens is 585 g/mol. The minimum absolute atomic E-state index is 0.0159. The molecule has 0 unspecified atom stereocenters. The number of nitrogens with zero attached hydrogens (tertiary/aromatic N) is 1. The van der Waals surface area contributed by atoms with Crippen molar-refractivity contribution in [1.82, 2.24) is 4.90 Å². The van der Waals surface area contributed by atoms with E-state index in [2.05, 4.69) is 8.37 Å². The van der Waals surface area contributed by atoms with Crippen molar-refractivity contribution in [3.05, 3.63) is 94.5 Å². The predicted molar refractivity (Wildman–Crippen MR) is 162 cm³/mol. The zero-order valence-electron chi connectivity index (χ0n) is 23.9. The molecule has 0 aliphatic rings. The van der Waals surface area contributed by atoms with Gasteiger partial charge in [-0.1, -0.05) is 66.7 Å². The molecule has 0 aliphatic carbocycles. The molecule has 0 amide bonds. The third-order valence-electron chi connectivity index (χ3n) is 7.08. The molecular formula is C29H36NO8PS2. The molecule has 0 aromatic heterocycles. The molecule has 0 atom stereocenters. The third kappa shape index (κ3) is 7.80. The lowest BCUT2D eigenvalue weighted by molar-refractivity contribution is 0.107. The normalized spacial score (nSPS) is 12.5. The van der Waals surface area contributed by atoms with Crippen molar-refractivity contribution in [3.8, 4) is 0 Å². The van der Waals surface area contributed by atoms with Gasteiger partial charge in [-0.3, -0.25) is 18.1 Å². The van der Waals surface area contributed by atoms with E-state index in [1.165, 1.54) is 0 Å². The maximum absolute atomic E-state index is 14.8. The van der Waals surface area contributed by atoms with Gasteiger partial charge in [0.15, 0.2) is 0 Å². The van der Waals surface area contributed by atoms with Gasteiger partial charge in [0.2, 0.25) is 12.7 Å². The summed E-state index contributed by atoms with van der Waals surface area (Å²) in [4.78, 5) is 16.0.